The quantitative estimate of drug-likeness (QED) is 0.731. The Kier molecular flexibility index (Phi) is 5.94. The third-order valence-corrected chi connectivity index (χ3v) is 3.36. The van der Waals surface area contributed by atoms with Gasteiger partial charge in [0.05, 0.1) is 19.3 Å². The van der Waals surface area contributed by atoms with Gasteiger partial charge in [-0.3, -0.25) is 4.18 Å². The number of carboxylic acid groups (broad SMARTS) is 1. The predicted octanol–water partition coefficient (Wildman–Crippen LogP) is 1.62. The second kappa shape index (κ2) is 7.22. The highest BCUT2D eigenvalue weighted by molar-refractivity contribution is 7.81. The topological polar surface area (TPSA) is 89.9 Å². The molecule has 106 valence electrons. The van der Waals surface area contributed by atoms with Crippen LogP contribution in [0.4, 0.5) is 0 Å². The van der Waals surface area contributed by atoms with E-state index in [4.69, 9.17) is 5.11 Å². The molecule has 0 aromatic heterocycles. The maximum absolute atomic E-state index is 10.8. The second-order valence-electron chi connectivity index (χ2n) is 3.86. The van der Waals surface area contributed by atoms with Gasteiger partial charge < -0.3 is 5.11 Å². The molecular weight excluding hydrogens is 272 g/mol. The van der Waals surface area contributed by atoms with Gasteiger partial charge in [0.15, 0.2) is 0 Å². The Bertz CT molecular complexity index is 506. The summed E-state index contributed by atoms with van der Waals surface area (Å²) in [6, 6.07) is 6.58. The number of carbonyl (C=O) groups is 1. The summed E-state index contributed by atoms with van der Waals surface area (Å²) < 4.78 is 30.3. The van der Waals surface area contributed by atoms with E-state index >= 15 is 0 Å². The van der Waals surface area contributed by atoms with Crippen molar-refractivity contribution in [3.8, 4) is 0 Å². The summed E-state index contributed by atoms with van der Waals surface area (Å²) in [5.74, 6) is -0.954. The zero-order valence-corrected chi connectivity index (χ0v) is 11.4. The van der Waals surface area contributed by atoms with Crippen LogP contribution in [0.15, 0.2) is 24.3 Å². The average molecular weight is 288 g/mol. The first-order valence-corrected chi connectivity index (χ1v) is 7.05. The Labute approximate surface area is 112 Å². The minimum Gasteiger partial charge on any atom is -0.478 e. The third-order valence-electron chi connectivity index (χ3n) is 2.49. The highest BCUT2D eigenvalue weighted by Crippen LogP contribution is 2.08. The van der Waals surface area contributed by atoms with Crippen molar-refractivity contribution in [2.24, 2.45) is 0 Å². The molecule has 0 radical (unpaired) electrons. The first-order valence-electron chi connectivity index (χ1n) is 5.72. The fraction of sp³-hybridized carbons (Fsp3) is 0.417. The lowest BCUT2D eigenvalue weighted by Gasteiger charge is -2.04. The van der Waals surface area contributed by atoms with Crippen molar-refractivity contribution in [2.75, 3.05) is 13.7 Å². The maximum atomic E-state index is 10.8. The van der Waals surface area contributed by atoms with Gasteiger partial charge in [0, 0.05) is 0 Å². The number of unbranched alkanes of at least 4 members (excludes halogenated alkanes) is 1. The zero-order valence-electron chi connectivity index (χ0n) is 10.5. The summed E-state index contributed by atoms with van der Waals surface area (Å²) in [5.41, 5.74) is 1.25. The van der Waals surface area contributed by atoms with Crippen LogP contribution in [-0.2, 0) is 25.2 Å². The number of carboxylic acids is 1. The molecular formula is C12H16O6S. The van der Waals surface area contributed by atoms with Crippen molar-refractivity contribution >= 4 is 16.4 Å². The van der Waals surface area contributed by atoms with Gasteiger partial charge in [-0.25, -0.2) is 8.98 Å². The Morgan fingerprint density at radius 3 is 2.37 bits per heavy atom. The molecule has 0 fully saturated rings. The van der Waals surface area contributed by atoms with E-state index in [1.807, 2.05) is 0 Å². The largest absolute Gasteiger partial charge is 0.478 e. The van der Waals surface area contributed by atoms with Crippen LogP contribution in [0.2, 0.25) is 0 Å². The number of benzene rings is 1. The fourth-order valence-corrected chi connectivity index (χ4v) is 1.87. The van der Waals surface area contributed by atoms with Gasteiger partial charge in [-0.15, -0.1) is 0 Å². The number of aromatic carboxylic acids is 1. The van der Waals surface area contributed by atoms with Gasteiger partial charge in [-0.2, -0.15) is 8.42 Å². The highest BCUT2D eigenvalue weighted by atomic mass is 32.3. The molecule has 0 atom stereocenters. The van der Waals surface area contributed by atoms with E-state index in [-0.39, 0.29) is 12.2 Å². The van der Waals surface area contributed by atoms with Crippen LogP contribution < -0.4 is 0 Å². The molecule has 0 saturated carbocycles. The van der Waals surface area contributed by atoms with Crippen molar-refractivity contribution < 1.29 is 26.7 Å². The van der Waals surface area contributed by atoms with Crippen LogP contribution in [0.3, 0.4) is 0 Å². The molecule has 0 bridgehead atoms. The summed E-state index contributed by atoms with van der Waals surface area (Å²) in [4.78, 5) is 10.6. The molecule has 19 heavy (non-hydrogen) atoms. The molecule has 1 N–H and O–H groups in total. The van der Waals surface area contributed by atoms with Gasteiger partial charge in [0.25, 0.3) is 0 Å². The van der Waals surface area contributed by atoms with Crippen molar-refractivity contribution in [3.63, 3.8) is 0 Å². The first kappa shape index (κ1) is 15.6. The zero-order chi connectivity index (χ0) is 14.3. The highest BCUT2D eigenvalue weighted by Gasteiger charge is 2.07. The lowest BCUT2D eigenvalue weighted by molar-refractivity contribution is 0.0697. The van der Waals surface area contributed by atoms with E-state index in [0.29, 0.717) is 6.42 Å². The normalized spacial score (nSPS) is 11.4. The molecule has 0 saturated heterocycles. The average Bonchev–Trinajstić information content (AvgIpc) is 2.39. The Morgan fingerprint density at radius 2 is 1.84 bits per heavy atom. The predicted molar refractivity (Wildman–Crippen MR) is 68.2 cm³/mol. The lowest BCUT2D eigenvalue weighted by Crippen LogP contribution is -2.08. The van der Waals surface area contributed by atoms with Crippen LogP contribution in [0.25, 0.3) is 0 Å². The van der Waals surface area contributed by atoms with Crippen LogP contribution in [-0.4, -0.2) is 33.2 Å². The Balaban J connectivity index is 2.28. The summed E-state index contributed by atoms with van der Waals surface area (Å²) in [6.45, 7) is 0.0728. The van der Waals surface area contributed by atoms with Crippen molar-refractivity contribution in [1.82, 2.24) is 0 Å². The number of hydrogen-bond acceptors (Lipinski definition) is 5. The van der Waals surface area contributed by atoms with Crippen LogP contribution in [0.5, 0.6) is 0 Å². The second-order valence-corrected chi connectivity index (χ2v) is 5.24. The van der Waals surface area contributed by atoms with Gasteiger partial charge in [-0.1, -0.05) is 12.1 Å². The van der Waals surface area contributed by atoms with E-state index in [0.717, 1.165) is 25.5 Å². The van der Waals surface area contributed by atoms with E-state index in [9.17, 15) is 13.2 Å². The Hall–Kier alpha value is -1.44. The van der Waals surface area contributed by atoms with E-state index in [2.05, 4.69) is 8.37 Å². The molecule has 6 nitrogen and oxygen atoms in total. The molecule has 1 aromatic rings. The van der Waals surface area contributed by atoms with Crippen molar-refractivity contribution in [1.29, 1.82) is 0 Å². The summed E-state index contributed by atoms with van der Waals surface area (Å²) in [7, 11) is -2.80. The summed E-state index contributed by atoms with van der Waals surface area (Å²) in [6.07, 6.45) is 2.05. The molecule has 0 heterocycles. The first-order chi connectivity index (χ1) is 8.94. The van der Waals surface area contributed by atoms with E-state index < -0.39 is 16.4 Å². The molecule has 7 heteroatoms. The van der Waals surface area contributed by atoms with Gasteiger partial charge >= 0.3 is 16.4 Å². The molecule has 1 aromatic carbocycles. The van der Waals surface area contributed by atoms with Crippen LogP contribution >= 0.6 is 0 Å². The number of hydrogen-bond donors (Lipinski definition) is 1. The van der Waals surface area contributed by atoms with Crippen LogP contribution in [0, 0.1) is 0 Å². The third kappa shape index (κ3) is 5.82. The molecule has 0 aliphatic rings. The smallest absolute Gasteiger partial charge is 0.399 e. The number of aryl methyl sites for hydroxylation is 1. The minimum absolute atomic E-state index is 0.0728. The summed E-state index contributed by atoms with van der Waals surface area (Å²) >= 11 is 0. The SMILES string of the molecule is COS(=O)(=O)OCCCCc1ccc(C(=O)O)cc1. The standard InChI is InChI=1S/C12H16O6S/c1-17-19(15,16)18-9-3-2-4-10-5-7-11(8-6-10)12(13)14/h5-8H,2-4,9H2,1H3,(H,13,14). The molecule has 0 aliphatic carbocycles. The fourth-order valence-electron chi connectivity index (χ4n) is 1.45. The van der Waals surface area contributed by atoms with Crippen molar-refractivity contribution in [3.05, 3.63) is 35.4 Å². The summed E-state index contributed by atoms with van der Waals surface area (Å²) in [5, 5.41) is 8.74. The lowest BCUT2D eigenvalue weighted by atomic mass is 10.1. The van der Waals surface area contributed by atoms with Gasteiger partial charge in [0.2, 0.25) is 0 Å². The maximum Gasteiger partial charge on any atom is 0.399 e. The molecule has 0 aliphatic heterocycles. The molecule has 0 spiro atoms. The molecule has 0 amide bonds. The molecule has 1 rings (SSSR count). The number of rotatable bonds is 8. The van der Waals surface area contributed by atoms with Gasteiger partial charge in [-0.05, 0) is 37.0 Å². The van der Waals surface area contributed by atoms with Crippen molar-refractivity contribution in [2.45, 2.75) is 19.3 Å². The van der Waals surface area contributed by atoms with E-state index in [1.54, 1.807) is 24.3 Å². The monoisotopic (exact) mass is 288 g/mol. The van der Waals surface area contributed by atoms with E-state index in [1.165, 1.54) is 0 Å². The minimum atomic E-state index is -3.85. The van der Waals surface area contributed by atoms with Crippen LogP contribution in [0.1, 0.15) is 28.8 Å². The van der Waals surface area contributed by atoms with Gasteiger partial charge in [0.1, 0.15) is 0 Å². The Morgan fingerprint density at radius 1 is 1.21 bits per heavy atom. The molecule has 0 unspecified atom stereocenters.